The van der Waals surface area contributed by atoms with E-state index >= 15 is 0 Å². The quantitative estimate of drug-likeness (QED) is 0.559. The lowest BCUT2D eigenvalue weighted by molar-refractivity contribution is 0.0613. The van der Waals surface area contributed by atoms with Crippen LogP contribution in [0.2, 0.25) is 0 Å². The molecule has 0 heterocycles. The lowest BCUT2D eigenvalue weighted by atomic mass is 10.2. The van der Waals surface area contributed by atoms with Gasteiger partial charge >= 0.3 is 0 Å². The van der Waals surface area contributed by atoms with Crippen LogP contribution in [0.25, 0.3) is 0 Å². The van der Waals surface area contributed by atoms with Gasteiger partial charge in [0.2, 0.25) is 0 Å². The van der Waals surface area contributed by atoms with E-state index < -0.39 is 0 Å². The van der Waals surface area contributed by atoms with E-state index in [-0.39, 0.29) is 6.10 Å². The summed E-state index contributed by atoms with van der Waals surface area (Å²) in [4.78, 5) is 0. The molecule has 0 aliphatic heterocycles. The first-order chi connectivity index (χ1) is 4.16. The van der Waals surface area contributed by atoms with Gasteiger partial charge in [-0.25, -0.2) is 0 Å². The highest BCUT2D eigenvalue weighted by Crippen LogP contribution is 1.98. The van der Waals surface area contributed by atoms with Crippen LogP contribution in [0.3, 0.4) is 0 Å². The van der Waals surface area contributed by atoms with Crippen LogP contribution in [0.1, 0.15) is 20.8 Å². The molecule has 0 amide bonds. The van der Waals surface area contributed by atoms with Crippen molar-refractivity contribution >= 4 is 11.6 Å². The Kier molecular flexibility index (Phi) is 5.21. The average molecular weight is 151 g/mol. The molecule has 0 N–H and O–H groups in total. The first-order valence-corrected chi connectivity index (χ1v) is 3.87. The van der Waals surface area contributed by atoms with E-state index in [1.165, 1.54) is 0 Å². The van der Waals surface area contributed by atoms with Gasteiger partial charge < -0.3 is 4.74 Å². The fraction of sp³-hybridized carbons (Fsp3) is 1.00. The SMILES string of the molecule is CC(C)COC(C)CCl. The molecule has 0 spiro atoms. The van der Waals surface area contributed by atoms with Gasteiger partial charge in [0, 0.05) is 12.5 Å². The molecule has 56 valence electrons. The van der Waals surface area contributed by atoms with Crippen LogP contribution in [0.4, 0.5) is 0 Å². The zero-order valence-corrected chi connectivity index (χ0v) is 7.11. The number of alkyl halides is 1. The van der Waals surface area contributed by atoms with Gasteiger partial charge in [-0.15, -0.1) is 11.6 Å². The summed E-state index contributed by atoms with van der Waals surface area (Å²) in [5.41, 5.74) is 0. The zero-order chi connectivity index (χ0) is 7.28. The highest BCUT2D eigenvalue weighted by molar-refractivity contribution is 6.18. The molecule has 1 nitrogen and oxygen atoms in total. The van der Waals surface area contributed by atoms with Crippen LogP contribution in [0, 0.1) is 5.92 Å². The van der Waals surface area contributed by atoms with Crippen molar-refractivity contribution in [2.45, 2.75) is 26.9 Å². The molecule has 1 unspecified atom stereocenters. The smallest absolute Gasteiger partial charge is 0.0682 e. The number of halogens is 1. The van der Waals surface area contributed by atoms with Gasteiger partial charge in [-0.05, 0) is 12.8 Å². The Balaban J connectivity index is 3.06. The van der Waals surface area contributed by atoms with Gasteiger partial charge in [0.05, 0.1) is 6.10 Å². The minimum atomic E-state index is 0.203. The maximum absolute atomic E-state index is 5.51. The zero-order valence-electron chi connectivity index (χ0n) is 6.36. The third-order valence-corrected chi connectivity index (χ3v) is 1.37. The van der Waals surface area contributed by atoms with Gasteiger partial charge in [0.25, 0.3) is 0 Å². The van der Waals surface area contributed by atoms with E-state index in [0.29, 0.717) is 11.8 Å². The van der Waals surface area contributed by atoms with Gasteiger partial charge in [-0.2, -0.15) is 0 Å². The molecule has 2 heteroatoms. The molecule has 0 fully saturated rings. The van der Waals surface area contributed by atoms with Crippen LogP contribution in [-0.2, 0) is 4.74 Å². The van der Waals surface area contributed by atoms with Crippen molar-refractivity contribution in [3.63, 3.8) is 0 Å². The third kappa shape index (κ3) is 6.13. The highest BCUT2D eigenvalue weighted by atomic mass is 35.5. The van der Waals surface area contributed by atoms with Gasteiger partial charge in [-0.1, -0.05) is 13.8 Å². The maximum atomic E-state index is 5.51. The van der Waals surface area contributed by atoms with E-state index in [1.807, 2.05) is 6.92 Å². The summed E-state index contributed by atoms with van der Waals surface area (Å²) < 4.78 is 5.32. The summed E-state index contributed by atoms with van der Waals surface area (Å²) >= 11 is 5.51. The summed E-state index contributed by atoms with van der Waals surface area (Å²) in [5.74, 6) is 1.20. The molecule has 0 aromatic heterocycles. The molecule has 9 heavy (non-hydrogen) atoms. The predicted octanol–water partition coefficient (Wildman–Crippen LogP) is 2.29. The molecule has 0 radical (unpaired) electrons. The Bertz CT molecular complexity index is 63.9. The topological polar surface area (TPSA) is 9.23 Å². The largest absolute Gasteiger partial charge is 0.377 e. The number of ether oxygens (including phenoxy) is 1. The van der Waals surface area contributed by atoms with Crippen molar-refractivity contribution in [2.75, 3.05) is 12.5 Å². The molecule has 0 saturated heterocycles. The monoisotopic (exact) mass is 150 g/mol. The van der Waals surface area contributed by atoms with Crippen molar-refractivity contribution < 1.29 is 4.74 Å². The van der Waals surface area contributed by atoms with Crippen molar-refractivity contribution in [3.05, 3.63) is 0 Å². The van der Waals surface area contributed by atoms with E-state index in [1.54, 1.807) is 0 Å². The molecule has 0 aliphatic carbocycles. The minimum Gasteiger partial charge on any atom is -0.377 e. The van der Waals surface area contributed by atoms with E-state index in [9.17, 15) is 0 Å². The number of rotatable bonds is 4. The van der Waals surface area contributed by atoms with Gasteiger partial charge in [0.1, 0.15) is 0 Å². The van der Waals surface area contributed by atoms with Crippen LogP contribution < -0.4 is 0 Å². The Labute approximate surface area is 62.3 Å². The summed E-state index contributed by atoms with van der Waals surface area (Å²) in [6.07, 6.45) is 0.203. The third-order valence-electron chi connectivity index (χ3n) is 0.931. The Morgan fingerprint density at radius 1 is 1.33 bits per heavy atom. The summed E-state index contributed by atoms with van der Waals surface area (Å²) in [6.45, 7) is 7.05. The first-order valence-electron chi connectivity index (χ1n) is 3.34. The Morgan fingerprint density at radius 3 is 2.22 bits per heavy atom. The second kappa shape index (κ2) is 5.07. The standard InChI is InChI=1S/C7H15ClO/c1-6(2)5-9-7(3)4-8/h6-7H,4-5H2,1-3H3. The lowest BCUT2D eigenvalue weighted by Gasteiger charge is -2.10. The first kappa shape index (κ1) is 9.25. The predicted molar refractivity (Wildman–Crippen MR) is 41.0 cm³/mol. The second-order valence-corrected chi connectivity index (χ2v) is 3.00. The normalized spacial score (nSPS) is 14.3. The van der Waals surface area contributed by atoms with Gasteiger partial charge in [-0.3, -0.25) is 0 Å². The highest BCUT2D eigenvalue weighted by Gasteiger charge is 1.99. The maximum Gasteiger partial charge on any atom is 0.0682 e. The lowest BCUT2D eigenvalue weighted by Crippen LogP contribution is -2.13. The van der Waals surface area contributed by atoms with Crippen molar-refractivity contribution in [2.24, 2.45) is 5.92 Å². The van der Waals surface area contributed by atoms with Crippen molar-refractivity contribution in [1.82, 2.24) is 0 Å². The summed E-state index contributed by atoms with van der Waals surface area (Å²) in [5, 5.41) is 0. The molecule has 0 rings (SSSR count). The van der Waals surface area contributed by atoms with Crippen LogP contribution in [0.15, 0.2) is 0 Å². The van der Waals surface area contributed by atoms with Crippen LogP contribution in [-0.4, -0.2) is 18.6 Å². The average Bonchev–Trinajstić information content (AvgIpc) is 1.83. The minimum absolute atomic E-state index is 0.203. The van der Waals surface area contributed by atoms with Gasteiger partial charge in [0.15, 0.2) is 0 Å². The van der Waals surface area contributed by atoms with E-state index in [2.05, 4.69) is 13.8 Å². The number of hydrogen-bond donors (Lipinski definition) is 0. The van der Waals surface area contributed by atoms with Crippen molar-refractivity contribution in [3.8, 4) is 0 Å². The second-order valence-electron chi connectivity index (χ2n) is 2.69. The Morgan fingerprint density at radius 2 is 1.89 bits per heavy atom. The summed E-state index contributed by atoms with van der Waals surface area (Å²) in [6, 6.07) is 0. The van der Waals surface area contributed by atoms with E-state index in [0.717, 1.165) is 6.61 Å². The molecular formula is C7H15ClO. The molecule has 0 bridgehead atoms. The molecule has 0 saturated carbocycles. The summed E-state index contributed by atoms with van der Waals surface area (Å²) in [7, 11) is 0. The fourth-order valence-corrected chi connectivity index (χ4v) is 0.490. The molecule has 0 aliphatic rings. The van der Waals surface area contributed by atoms with Crippen molar-refractivity contribution in [1.29, 1.82) is 0 Å². The Hall–Kier alpha value is 0.250. The molecule has 1 atom stereocenters. The molecule has 0 aromatic carbocycles. The molecular weight excluding hydrogens is 136 g/mol. The van der Waals surface area contributed by atoms with Crippen LogP contribution >= 0.6 is 11.6 Å². The van der Waals surface area contributed by atoms with E-state index in [4.69, 9.17) is 16.3 Å². The fourth-order valence-electron chi connectivity index (χ4n) is 0.401. The molecule has 0 aromatic rings. The number of hydrogen-bond acceptors (Lipinski definition) is 1. The van der Waals surface area contributed by atoms with Crippen LogP contribution in [0.5, 0.6) is 0 Å².